The second kappa shape index (κ2) is 4.09. The fraction of sp³-hybridized carbons (Fsp3) is 0.364. The Morgan fingerprint density at radius 2 is 1.69 bits per heavy atom. The van der Waals surface area contributed by atoms with Gasteiger partial charge in [0.2, 0.25) is 5.24 Å². The highest BCUT2D eigenvalue weighted by Crippen LogP contribution is 2.33. The van der Waals surface area contributed by atoms with Crippen molar-refractivity contribution in [3.05, 3.63) is 35.4 Å². The van der Waals surface area contributed by atoms with Crippen molar-refractivity contribution in [2.45, 2.75) is 25.4 Å². The number of halogens is 4. The van der Waals surface area contributed by atoms with Gasteiger partial charge in [0.15, 0.2) is 0 Å². The largest absolute Gasteiger partial charge is 0.416 e. The maximum absolute atomic E-state index is 12.4. The molecular formula is C11H10ClF3O. The minimum Gasteiger partial charge on any atom is -0.280 e. The zero-order valence-corrected chi connectivity index (χ0v) is 9.49. The van der Waals surface area contributed by atoms with Crippen molar-refractivity contribution in [2.24, 2.45) is 0 Å². The quantitative estimate of drug-likeness (QED) is 0.731. The van der Waals surface area contributed by atoms with Gasteiger partial charge in [-0.2, -0.15) is 13.2 Å². The van der Waals surface area contributed by atoms with Crippen LogP contribution in [-0.4, -0.2) is 5.24 Å². The standard InChI is InChI=1S/C11H10ClF3O/c1-10(2,9(12)16)7-4-3-5-8(6-7)11(13,14)15/h3-6H,1-2H3. The summed E-state index contributed by atoms with van der Waals surface area (Å²) in [7, 11) is 0. The van der Waals surface area contributed by atoms with E-state index in [4.69, 9.17) is 11.6 Å². The summed E-state index contributed by atoms with van der Waals surface area (Å²) in [6, 6.07) is 4.62. The summed E-state index contributed by atoms with van der Waals surface area (Å²) in [6.45, 7) is 2.97. The van der Waals surface area contributed by atoms with Gasteiger partial charge in [0.05, 0.1) is 11.0 Å². The molecule has 0 amide bonds. The number of rotatable bonds is 2. The number of carbonyl (C=O) groups is 1. The molecule has 0 bridgehead atoms. The molecule has 0 unspecified atom stereocenters. The van der Waals surface area contributed by atoms with Crippen LogP contribution in [0.1, 0.15) is 25.0 Å². The zero-order chi connectivity index (χ0) is 12.6. The summed E-state index contributed by atoms with van der Waals surface area (Å²) in [5.74, 6) is 0. The third-order valence-electron chi connectivity index (χ3n) is 2.40. The first-order valence-electron chi connectivity index (χ1n) is 4.53. The molecular weight excluding hydrogens is 241 g/mol. The van der Waals surface area contributed by atoms with Gasteiger partial charge in [-0.1, -0.05) is 18.2 Å². The first kappa shape index (κ1) is 13.0. The molecule has 0 heterocycles. The molecule has 88 valence electrons. The van der Waals surface area contributed by atoms with Gasteiger partial charge >= 0.3 is 6.18 Å². The van der Waals surface area contributed by atoms with Crippen LogP contribution in [0.2, 0.25) is 0 Å². The Hall–Kier alpha value is -1.03. The lowest BCUT2D eigenvalue weighted by molar-refractivity contribution is -0.137. The molecule has 0 fully saturated rings. The van der Waals surface area contributed by atoms with E-state index in [-0.39, 0.29) is 5.56 Å². The number of alkyl halides is 3. The van der Waals surface area contributed by atoms with Crippen LogP contribution in [0.15, 0.2) is 24.3 Å². The summed E-state index contributed by atoms with van der Waals surface area (Å²) >= 11 is 5.35. The van der Waals surface area contributed by atoms with Crippen LogP contribution < -0.4 is 0 Å². The molecule has 1 aromatic rings. The van der Waals surface area contributed by atoms with Crippen molar-refractivity contribution in [3.63, 3.8) is 0 Å². The Bertz CT molecular complexity index is 410. The molecule has 1 aromatic carbocycles. The molecule has 0 N–H and O–H groups in total. The molecule has 0 spiro atoms. The van der Waals surface area contributed by atoms with Crippen LogP contribution in [0.25, 0.3) is 0 Å². The summed E-state index contributed by atoms with van der Waals surface area (Å²) < 4.78 is 37.3. The van der Waals surface area contributed by atoms with Gasteiger partial charge in [0.1, 0.15) is 0 Å². The Labute approximate surface area is 96.2 Å². The van der Waals surface area contributed by atoms with E-state index in [1.807, 2.05) is 0 Å². The molecule has 0 saturated carbocycles. The molecule has 16 heavy (non-hydrogen) atoms. The van der Waals surface area contributed by atoms with Crippen LogP contribution in [0.5, 0.6) is 0 Å². The van der Waals surface area contributed by atoms with E-state index in [9.17, 15) is 18.0 Å². The van der Waals surface area contributed by atoms with Gasteiger partial charge in [-0.15, -0.1) is 0 Å². The number of benzene rings is 1. The van der Waals surface area contributed by atoms with E-state index in [0.29, 0.717) is 0 Å². The van der Waals surface area contributed by atoms with Crippen molar-refractivity contribution in [1.82, 2.24) is 0 Å². The Morgan fingerprint density at radius 3 is 2.12 bits per heavy atom. The highest BCUT2D eigenvalue weighted by atomic mass is 35.5. The summed E-state index contributed by atoms with van der Waals surface area (Å²) in [5.41, 5.74) is -1.65. The van der Waals surface area contributed by atoms with Crippen LogP contribution in [-0.2, 0) is 16.4 Å². The molecule has 0 saturated heterocycles. The van der Waals surface area contributed by atoms with Crippen LogP contribution >= 0.6 is 11.6 Å². The minimum atomic E-state index is -4.42. The van der Waals surface area contributed by atoms with Gasteiger partial charge in [-0.25, -0.2) is 0 Å². The predicted molar refractivity (Wildman–Crippen MR) is 55.3 cm³/mol. The van der Waals surface area contributed by atoms with Gasteiger partial charge in [-0.05, 0) is 37.1 Å². The van der Waals surface area contributed by atoms with Crippen LogP contribution in [0, 0.1) is 0 Å². The van der Waals surface area contributed by atoms with Gasteiger partial charge in [-0.3, -0.25) is 4.79 Å². The maximum atomic E-state index is 12.4. The molecule has 0 aliphatic carbocycles. The van der Waals surface area contributed by atoms with Crippen molar-refractivity contribution in [2.75, 3.05) is 0 Å². The number of hydrogen-bond donors (Lipinski definition) is 0. The SMILES string of the molecule is CC(C)(C(=O)Cl)c1cccc(C(F)(F)F)c1. The van der Waals surface area contributed by atoms with Crippen molar-refractivity contribution < 1.29 is 18.0 Å². The topological polar surface area (TPSA) is 17.1 Å². The van der Waals surface area contributed by atoms with E-state index in [1.165, 1.54) is 26.0 Å². The molecule has 0 atom stereocenters. The highest BCUT2D eigenvalue weighted by molar-refractivity contribution is 6.65. The second-order valence-corrected chi connectivity index (χ2v) is 4.32. The molecule has 5 heteroatoms. The fourth-order valence-corrected chi connectivity index (χ4v) is 1.31. The summed E-state index contributed by atoms with van der Waals surface area (Å²) in [6.07, 6.45) is -4.42. The molecule has 1 rings (SSSR count). The lowest BCUT2D eigenvalue weighted by Gasteiger charge is -2.21. The van der Waals surface area contributed by atoms with Crippen LogP contribution in [0.4, 0.5) is 13.2 Å². The van der Waals surface area contributed by atoms with Gasteiger partial charge in [0, 0.05) is 0 Å². The normalized spacial score (nSPS) is 12.6. The molecule has 0 aliphatic rings. The van der Waals surface area contributed by atoms with Crippen molar-refractivity contribution in [1.29, 1.82) is 0 Å². The summed E-state index contributed by atoms with van der Waals surface area (Å²) in [4.78, 5) is 11.1. The Kier molecular flexibility index (Phi) is 3.33. The van der Waals surface area contributed by atoms with Gasteiger partial charge < -0.3 is 0 Å². The smallest absolute Gasteiger partial charge is 0.280 e. The monoisotopic (exact) mass is 250 g/mol. The van der Waals surface area contributed by atoms with Crippen molar-refractivity contribution in [3.8, 4) is 0 Å². The van der Waals surface area contributed by atoms with Crippen LogP contribution in [0.3, 0.4) is 0 Å². The molecule has 0 radical (unpaired) electrons. The second-order valence-electron chi connectivity index (χ2n) is 3.98. The maximum Gasteiger partial charge on any atom is 0.416 e. The molecule has 0 aromatic heterocycles. The highest BCUT2D eigenvalue weighted by Gasteiger charge is 2.34. The van der Waals surface area contributed by atoms with Gasteiger partial charge in [0.25, 0.3) is 0 Å². The van der Waals surface area contributed by atoms with E-state index >= 15 is 0 Å². The third-order valence-corrected chi connectivity index (χ3v) is 2.88. The van der Waals surface area contributed by atoms with E-state index in [2.05, 4.69) is 0 Å². The summed E-state index contributed by atoms with van der Waals surface area (Å²) in [5, 5.41) is -0.688. The van der Waals surface area contributed by atoms with Crippen molar-refractivity contribution >= 4 is 16.8 Å². The zero-order valence-electron chi connectivity index (χ0n) is 8.73. The predicted octanol–water partition coefficient (Wildman–Crippen LogP) is 3.75. The third kappa shape index (κ3) is 2.55. The number of carbonyl (C=O) groups excluding carboxylic acids is 1. The van der Waals surface area contributed by atoms with E-state index < -0.39 is 22.4 Å². The fourth-order valence-electron chi connectivity index (χ4n) is 1.20. The number of hydrogen-bond acceptors (Lipinski definition) is 1. The lowest BCUT2D eigenvalue weighted by Crippen LogP contribution is -2.25. The minimum absolute atomic E-state index is 0.252. The molecule has 0 aliphatic heterocycles. The van der Waals surface area contributed by atoms with E-state index in [1.54, 1.807) is 0 Å². The average Bonchev–Trinajstić information content (AvgIpc) is 2.16. The Balaban J connectivity index is 3.23. The van der Waals surface area contributed by atoms with E-state index in [0.717, 1.165) is 12.1 Å². The lowest BCUT2D eigenvalue weighted by atomic mass is 9.85. The first-order chi connectivity index (χ1) is 7.15. The average molecular weight is 251 g/mol. The molecule has 1 nitrogen and oxygen atoms in total. The first-order valence-corrected chi connectivity index (χ1v) is 4.91. The Morgan fingerprint density at radius 1 is 1.19 bits per heavy atom.